The molecular formula is C17H20N4O3. The molecule has 0 atom stereocenters. The topological polar surface area (TPSA) is 88.4 Å². The van der Waals surface area contributed by atoms with Gasteiger partial charge >= 0.3 is 0 Å². The van der Waals surface area contributed by atoms with Crippen molar-refractivity contribution < 1.29 is 9.72 Å². The van der Waals surface area contributed by atoms with E-state index in [1.54, 1.807) is 32.0 Å². The first-order chi connectivity index (χ1) is 11.4. The summed E-state index contributed by atoms with van der Waals surface area (Å²) in [6, 6.07) is 8.98. The average molecular weight is 328 g/mol. The third-order valence-electron chi connectivity index (χ3n) is 3.56. The Labute approximate surface area is 140 Å². The maximum Gasteiger partial charge on any atom is 0.287 e. The third kappa shape index (κ3) is 4.28. The van der Waals surface area contributed by atoms with Crippen LogP contribution in [0.25, 0.3) is 0 Å². The number of hydrogen-bond acceptors (Lipinski definition) is 5. The van der Waals surface area contributed by atoms with E-state index in [1.807, 2.05) is 18.2 Å². The number of nitro groups is 1. The van der Waals surface area contributed by atoms with Crippen molar-refractivity contribution in [1.82, 2.24) is 9.88 Å². The van der Waals surface area contributed by atoms with Crippen molar-refractivity contribution in [2.75, 3.05) is 26.0 Å². The van der Waals surface area contributed by atoms with Crippen LogP contribution in [0.4, 0.5) is 11.5 Å². The van der Waals surface area contributed by atoms with Crippen molar-refractivity contribution >= 4 is 17.4 Å². The molecule has 1 aromatic carbocycles. The number of nitrogens with zero attached hydrogens (tertiary/aromatic N) is 3. The average Bonchev–Trinajstić information content (AvgIpc) is 2.55. The second-order valence-electron chi connectivity index (χ2n) is 5.69. The summed E-state index contributed by atoms with van der Waals surface area (Å²) in [5.74, 6) is 0.596. The fraction of sp³-hybridized carbons (Fsp3) is 0.294. The van der Waals surface area contributed by atoms with E-state index in [-0.39, 0.29) is 11.6 Å². The molecule has 0 aliphatic heterocycles. The number of aromatic nitrogens is 1. The van der Waals surface area contributed by atoms with Gasteiger partial charge in [0.1, 0.15) is 12.0 Å². The summed E-state index contributed by atoms with van der Waals surface area (Å²) in [6.45, 7) is 2.39. The second-order valence-corrected chi connectivity index (χ2v) is 5.69. The molecule has 7 heteroatoms. The summed E-state index contributed by atoms with van der Waals surface area (Å²) < 4.78 is 0. The fourth-order valence-corrected chi connectivity index (χ4v) is 2.29. The van der Waals surface area contributed by atoms with Gasteiger partial charge in [-0.1, -0.05) is 12.1 Å². The molecule has 0 unspecified atom stereocenters. The lowest BCUT2D eigenvalue weighted by Gasteiger charge is -2.12. The molecule has 2 rings (SSSR count). The molecular weight excluding hydrogens is 308 g/mol. The summed E-state index contributed by atoms with van der Waals surface area (Å²) in [4.78, 5) is 27.8. The first-order valence-corrected chi connectivity index (χ1v) is 7.54. The Morgan fingerprint density at radius 1 is 1.33 bits per heavy atom. The number of pyridine rings is 1. The first kappa shape index (κ1) is 17.4. The molecule has 0 fully saturated rings. The third-order valence-corrected chi connectivity index (χ3v) is 3.56. The summed E-state index contributed by atoms with van der Waals surface area (Å²) in [7, 11) is 3.44. The zero-order chi connectivity index (χ0) is 17.7. The number of carbonyl (C=O) groups excluding carboxylic acids is 1. The molecule has 2 aromatic rings. The van der Waals surface area contributed by atoms with Crippen LogP contribution in [0.2, 0.25) is 0 Å². The van der Waals surface area contributed by atoms with E-state index in [0.29, 0.717) is 24.3 Å². The summed E-state index contributed by atoms with van der Waals surface area (Å²) in [5.41, 5.74) is 2.39. The summed E-state index contributed by atoms with van der Waals surface area (Å²) in [6.07, 6.45) is 1.96. The highest BCUT2D eigenvalue weighted by atomic mass is 16.6. The molecule has 1 amide bonds. The number of anilines is 1. The predicted molar refractivity (Wildman–Crippen MR) is 92.3 cm³/mol. The quantitative estimate of drug-likeness (QED) is 0.650. The van der Waals surface area contributed by atoms with E-state index in [9.17, 15) is 14.9 Å². The van der Waals surface area contributed by atoms with Crippen LogP contribution in [0.1, 0.15) is 21.5 Å². The van der Waals surface area contributed by atoms with Crippen LogP contribution in [0.5, 0.6) is 0 Å². The number of rotatable bonds is 6. The Kier molecular flexibility index (Phi) is 5.47. The Balaban J connectivity index is 1.98. The standard InChI is InChI=1S/C17H20N4O3/c1-12-9-15(21(23)24)11-19-16(12)18-8-7-13-5-4-6-14(10-13)17(22)20(2)3/h4-6,9-11H,7-8H2,1-3H3,(H,18,19). The highest BCUT2D eigenvalue weighted by Gasteiger charge is 2.10. The molecule has 1 heterocycles. The van der Waals surface area contributed by atoms with E-state index >= 15 is 0 Å². The fourth-order valence-electron chi connectivity index (χ4n) is 2.29. The molecule has 0 saturated carbocycles. The second kappa shape index (κ2) is 7.54. The van der Waals surface area contributed by atoms with E-state index < -0.39 is 4.92 Å². The van der Waals surface area contributed by atoms with E-state index in [4.69, 9.17) is 0 Å². The molecule has 7 nitrogen and oxygen atoms in total. The minimum absolute atomic E-state index is 0.0204. The smallest absolute Gasteiger partial charge is 0.287 e. The number of carbonyl (C=O) groups is 1. The SMILES string of the molecule is Cc1cc([N+](=O)[O-])cnc1NCCc1cccc(C(=O)N(C)C)c1. The zero-order valence-corrected chi connectivity index (χ0v) is 13.9. The van der Waals surface area contributed by atoms with Gasteiger partial charge < -0.3 is 10.2 Å². The van der Waals surface area contributed by atoms with Crippen molar-refractivity contribution in [1.29, 1.82) is 0 Å². The minimum Gasteiger partial charge on any atom is -0.370 e. The number of nitrogens with one attached hydrogen (secondary N) is 1. The van der Waals surface area contributed by atoms with Crippen LogP contribution in [-0.4, -0.2) is 41.4 Å². The van der Waals surface area contributed by atoms with Crippen LogP contribution >= 0.6 is 0 Å². The van der Waals surface area contributed by atoms with Crippen LogP contribution < -0.4 is 5.32 Å². The Morgan fingerprint density at radius 2 is 2.08 bits per heavy atom. The van der Waals surface area contributed by atoms with Crippen molar-refractivity contribution in [3.63, 3.8) is 0 Å². The lowest BCUT2D eigenvalue weighted by Crippen LogP contribution is -2.21. The molecule has 1 aromatic heterocycles. The maximum absolute atomic E-state index is 12.0. The Hall–Kier alpha value is -2.96. The highest BCUT2D eigenvalue weighted by molar-refractivity contribution is 5.94. The molecule has 0 aliphatic rings. The largest absolute Gasteiger partial charge is 0.370 e. The van der Waals surface area contributed by atoms with Crippen LogP contribution in [0.3, 0.4) is 0 Å². The van der Waals surface area contributed by atoms with Gasteiger partial charge in [-0.25, -0.2) is 4.98 Å². The van der Waals surface area contributed by atoms with Gasteiger partial charge in [0.2, 0.25) is 0 Å². The molecule has 126 valence electrons. The normalized spacial score (nSPS) is 10.3. The zero-order valence-electron chi connectivity index (χ0n) is 13.9. The Morgan fingerprint density at radius 3 is 2.71 bits per heavy atom. The predicted octanol–water partition coefficient (Wildman–Crippen LogP) is 2.65. The molecule has 0 radical (unpaired) electrons. The van der Waals surface area contributed by atoms with Gasteiger partial charge in [0, 0.05) is 32.3 Å². The van der Waals surface area contributed by atoms with Crippen molar-refractivity contribution in [3.8, 4) is 0 Å². The molecule has 0 bridgehead atoms. The van der Waals surface area contributed by atoms with Gasteiger partial charge in [0.15, 0.2) is 0 Å². The maximum atomic E-state index is 12.0. The molecule has 24 heavy (non-hydrogen) atoms. The van der Waals surface area contributed by atoms with Crippen molar-refractivity contribution in [2.45, 2.75) is 13.3 Å². The molecule has 0 saturated heterocycles. The summed E-state index contributed by atoms with van der Waals surface area (Å²) >= 11 is 0. The van der Waals surface area contributed by atoms with Crippen LogP contribution in [0, 0.1) is 17.0 Å². The van der Waals surface area contributed by atoms with Crippen LogP contribution in [0.15, 0.2) is 36.5 Å². The molecule has 0 spiro atoms. The van der Waals surface area contributed by atoms with Gasteiger partial charge in [-0.2, -0.15) is 0 Å². The van der Waals surface area contributed by atoms with Crippen molar-refractivity contribution in [3.05, 3.63) is 63.3 Å². The summed E-state index contributed by atoms with van der Waals surface area (Å²) in [5, 5.41) is 13.9. The van der Waals surface area contributed by atoms with E-state index in [1.165, 1.54) is 12.3 Å². The molecule has 1 N–H and O–H groups in total. The number of amides is 1. The van der Waals surface area contributed by atoms with Crippen LogP contribution in [-0.2, 0) is 6.42 Å². The molecule has 0 aliphatic carbocycles. The van der Waals surface area contributed by atoms with Gasteiger partial charge in [0.25, 0.3) is 11.6 Å². The Bertz CT molecular complexity index is 759. The van der Waals surface area contributed by atoms with Gasteiger partial charge in [0.05, 0.1) is 4.92 Å². The van der Waals surface area contributed by atoms with Gasteiger partial charge in [-0.05, 0) is 36.6 Å². The number of benzene rings is 1. The minimum atomic E-state index is -0.461. The monoisotopic (exact) mass is 328 g/mol. The van der Waals surface area contributed by atoms with E-state index in [0.717, 1.165) is 11.1 Å². The lowest BCUT2D eigenvalue weighted by atomic mass is 10.1. The van der Waals surface area contributed by atoms with Crippen molar-refractivity contribution in [2.24, 2.45) is 0 Å². The number of hydrogen-bond donors (Lipinski definition) is 1. The van der Waals surface area contributed by atoms with Gasteiger partial charge in [-0.15, -0.1) is 0 Å². The van der Waals surface area contributed by atoms with Gasteiger partial charge in [-0.3, -0.25) is 14.9 Å². The first-order valence-electron chi connectivity index (χ1n) is 7.54. The number of aryl methyl sites for hydroxylation is 1. The highest BCUT2D eigenvalue weighted by Crippen LogP contribution is 2.18. The van der Waals surface area contributed by atoms with E-state index in [2.05, 4.69) is 10.3 Å². The lowest BCUT2D eigenvalue weighted by molar-refractivity contribution is -0.385.